The molecular formula is C22H22O. The zero-order valence-electron chi connectivity index (χ0n) is 13.7. The van der Waals surface area contributed by atoms with E-state index in [4.69, 9.17) is 0 Å². The van der Waals surface area contributed by atoms with Crippen molar-refractivity contribution in [3.05, 3.63) is 83.4 Å². The van der Waals surface area contributed by atoms with Crippen LogP contribution in [0.3, 0.4) is 0 Å². The first-order valence-corrected chi connectivity index (χ1v) is 8.11. The van der Waals surface area contributed by atoms with Crippen molar-refractivity contribution in [3.63, 3.8) is 0 Å². The van der Waals surface area contributed by atoms with Gasteiger partial charge in [0.1, 0.15) is 0 Å². The number of aliphatic hydroxyl groups is 1. The van der Waals surface area contributed by atoms with E-state index in [1.165, 1.54) is 33.4 Å². The van der Waals surface area contributed by atoms with Crippen LogP contribution in [0, 0.1) is 6.92 Å². The van der Waals surface area contributed by atoms with Crippen LogP contribution in [0.4, 0.5) is 0 Å². The summed E-state index contributed by atoms with van der Waals surface area (Å²) in [7, 11) is 0. The first kappa shape index (κ1) is 15.5. The Hall–Kier alpha value is -2.38. The molecule has 0 bridgehead atoms. The van der Waals surface area contributed by atoms with E-state index < -0.39 is 0 Å². The number of hydrogen-bond donors (Lipinski definition) is 1. The summed E-state index contributed by atoms with van der Waals surface area (Å²) in [5.74, 6) is 0. The Morgan fingerprint density at radius 3 is 1.87 bits per heavy atom. The standard InChI is InChI=1S/C22H22O/c1-3-18-14-17(15-23)6-13-22(18)21-11-9-20(10-12-21)19-7-4-16(2)5-8-19/h4-14,23H,3,15H2,1-2H3. The van der Waals surface area contributed by atoms with Gasteiger partial charge in [0.05, 0.1) is 6.61 Å². The van der Waals surface area contributed by atoms with E-state index in [1.807, 2.05) is 6.07 Å². The molecule has 1 N–H and O–H groups in total. The van der Waals surface area contributed by atoms with Crippen LogP contribution in [0.2, 0.25) is 0 Å². The third-order valence-electron chi connectivity index (χ3n) is 4.31. The fraction of sp³-hybridized carbons (Fsp3) is 0.182. The van der Waals surface area contributed by atoms with E-state index in [0.29, 0.717) is 0 Å². The highest BCUT2D eigenvalue weighted by Gasteiger charge is 2.06. The molecular weight excluding hydrogens is 280 g/mol. The summed E-state index contributed by atoms with van der Waals surface area (Å²) < 4.78 is 0. The smallest absolute Gasteiger partial charge is 0.0681 e. The van der Waals surface area contributed by atoms with Crippen LogP contribution in [-0.2, 0) is 13.0 Å². The van der Waals surface area contributed by atoms with Crippen molar-refractivity contribution in [2.24, 2.45) is 0 Å². The maximum absolute atomic E-state index is 9.30. The summed E-state index contributed by atoms with van der Waals surface area (Å²) in [6.07, 6.45) is 0.961. The molecule has 1 nitrogen and oxygen atoms in total. The van der Waals surface area contributed by atoms with Crippen LogP contribution in [0.1, 0.15) is 23.6 Å². The summed E-state index contributed by atoms with van der Waals surface area (Å²) >= 11 is 0. The molecule has 3 aromatic rings. The quantitative estimate of drug-likeness (QED) is 0.685. The van der Waals surface area contributed by atoms with Gasteiger partial charge in [-0.1, -0.05) is 79.2 Å². The number of hydrogen-bond acceptors (Lipinski definition) is 1. The molecule has 0 amide bonds. The fourth-order valence-electron chi connectivity index (χ4n) is 2.91. The van der Waals surface area contributed by atoms with E-state index in [2.05, 4.69) is 74.5 Å². The topological polar surface area (TPSA) is 20.2 Å². The van der Waals surface area contributed by atoms with Gasteiger partial charge >= 0.3 is 0 Å². The van der Waals surface area contributed by atoms with Crippen molar-refractivity contribution in [2.45, 2.75) is 26.9 Å². The van der Waals surface area contributed by atoms with Crippen LogP contribution in [0.15, 0.2) is 66.7 Å². The van der Waals surface area contributed by atoms with E-state index in [0.717, 1.165) is 12.0 Å². The molecule has 0 unspecified atom stereocenters. The summed E-state index contributed by atoms with van der Waals surface area (Å²) in [5, 5.41) is 9.30. The largest absolute Gasteiger partial charge is 0.392 e. The Kier molecular flexibility index (Phi) is 4.59. The molecule has 0 aromatic heterocycles. The van der Waals surface area contributed by atoms with Crippen LogP contribution in [0.5, 0.6) is 0 Å². The molecule has 0 aliphatic carbocycles. The number of aryl methyl sites for hydroxylation is 2. The van der Waals surface area contributed by atoms with E-state index in [1.54, 1.807) is 0 Å². The lowest BCUT2D eigenvalue weighted by atomic mass is 9.94. The second kappa shape index (κ2) is 6.80. The maximum Gasteiger partial charge on any atom is 0.0681 e. The molecule has 0 saturated heterocycles. The van der Waals surface area contributed by atoms with E-state index >= 15 is 0 Å². The third-order valence-corrected chi connectivity index (χ3v) is 4.31. The monoisotopic (exact) mass is 302 g/mol. The predicted molar refractivity (Wildman–Crippen MR) is 97.4 cm³/mol. The van der Waals surface area contributed by atoms with Crippen molar-refractivity contribution in [1.29, 1.82) is 0 Å². The lowest BCUT2D eigenvalue weighted by Crippen LogP contribution is -1.92. The van der Waals surface area contributed by atoms with Crippen molar-refractivity contribution in [2.75, 3.05) is 0 Å². The Morgan fingerprint density at radius 1 is 0.739 bits per heavy atom. The third kappa shape index (κ3) is 3.35. The van der Waals surface area contributed by atoms with Crippen LogP contribution in [0.25, 0.3) is 22.3 Å². The summed E-state index contributed by atoms with van der Waals surface area (Å²) in [4.78, 5) is 0. The lowest BCUT2D eigenvalue weighted by Gasteiger charge is -2.11. The van der Waals surface area contributed by atoms with Gasteiger partial charge in [-0.2, -0.15) is 0 Å². The highest BCUT2D eigenvalue weighted by Crippen LogP contribution is 2.28. The number of aliphatic hydroxyl groups excluding tert-OH is 1. The summed E-state index contributed by atoms with van der Waals surface area (Å²) in [6.45, 7) is 4.36. The van der Waals surface area contributed by atoms with Crippen LogP contribution in [-0.4, -0.2) is 5.11 Å². The zero-order valence-corrected chi connectivity index (χ0v) is 13.7. The van der Waals surface area contributed by atoms with Gasteiger partial charge in [-0.05, 0) is 46.7 Å². The first-order valence-electron chi connectivity index (χ1n) is 8.11. The Labute approximate surface area is 138 Å². The Bertz CT molecular complexity index is 783. The lowest BCUT2D eigenvalue weighted by molar-refractivity contribution is 0.282. The minimum Gasteiger partial charge on any atom is -0.392 e. The van der Waals surface area contributed by atoms with Gasteiger partial charge in [0, 0.05) is 0 Å². The van der Waals surface area contributed by atoms with Crippen molar-refractivity contribution in [3.8, 4) is 22.3 Å². The number of benzene rings is 3. The van der Waals surface area contributed by atoms with Gasteiger partial charge in [0.15, 0.2) is 0 Å². The molecule has 0 atom stereocenters. The zero-order chi connectivity index (χ0) is 16.2. The van der Waals surface area contributed by atoms with Gasteiger partial charge in [-0.3, -0.25) is 0 Å². The van der Waals surface area contributed by atoms with Crippen molar-refractivity contribution < 1.29 is 5.11 Å². The summed E-state index contributed by atoms with van der Waals surface area (Å²) in [5.41, 5.74) is 8.48. The summed E-state index contributed by atoms with van der Waals surface area (Å²) in [6, 6.07) is 23.6. The SMILES string of the molecule is CCc1cc(CO)ccc1-c1ccc(-c2ccc(C)cc2)cc1. The molecule has 0 fully saturated rings. The average molecular weight is 302 g/mol. The molecule has 0 aliphatic heterocycles. The second-order valence-corrected chi connectivity index (χ2v) is 5.95. The highest BCUT2D eigenvalue weighted by molar-refractivity contribution is 5.72. The minimum absolute atomic E-state index is 0.0969. The molecule has 0 aliphatic rings. The van der Waals surface area contributed by atoms with Crippen LogP contribution < -0.4 is 0 Å². The molecule has 116 valence electrons. The van der Waals surface area contributed by atoms with Gasteiger partial charge in [0.25, 0.3) is 0 Å². The average Bonchev–Trinajstić information content (AvgIpc) is 2.62. The molecule has 23 heavy (non-hydrogen) atoms. The van der Waals surface area contributed by atoms with Gasteiger partial charge < -0.3 is 5.11 Å². The predicted octanol–water partition coefficient (Wildman–Crippen LogP) is 5.38. The van der Waals surface area contributed by atoms with Crippen LogP contribution >= 0.6 is 0 Å². The minimum atomic E-state index is 0.0969. The van der Waals surface area contributed by atoms with E-state index in [-0.39, 0.29) is 6.61 Å². The molecule has 1 heteroatoms. The normalized spacial score (nSPS) is 10.7. The maximum atomic E-state index is 9.30. The fourth-order valence-corrected chi connectivity index (χ4v) is 2.91. The molecule has 0 saturated carbocycles. The van der Waals surface area contributed by atoms with Crippen molar-refractivity contribution in [1.82, 2.24) is 0 Å². The molecule has 0 radical (unpaired) electrons. The molecule has 0 spiro atoms. The van der Waals surface area contributed by atoms with E-state index in [9.17, 15) is 5.11 Å². The molecule has 3 aromatic carbocycles. The Morgan fingerprint density at radius 2 is 1.30 bits per heavy atom. The highest BCUT2D eigenvalue weighted by atomic mass is 16.3. The number of rotatable bonds is 4. The van der Waals surface area contributed by atoms with Crippen molar-refractivity contribution >= 4 is 0 Å². The van der Waals surface area contributed by atoms with Gasteiger partial charge in [0.2, 0.25) is 0 Å². The van der Waals surface area contributed by atoms with Gasteiger partial charge in [-0.15, -0.1) is 0 Å². The first-order chi connectivity index (χ1) is 11.2. The van der Waals surface area contributed by atoms with Gasteiger partial charge in [-0.25, -0.2) is 0 Å². The molecule has 3 rings (SSSR count). The Balaban J connectivity index is 1.94. The molecule has 0 heterocycles. The second-order valence-electron chi connectivity index (χ2n) is 5.95.